The number of amides is 1. The van der Waals surface area contributed by atoms with Gasteiger partial charge in [-0.3, -0.25) is 9.59 Å². The molecule has 0 bridgehead atoms. The van der Waals surface area contributed by atoms with Crippen LogP contribution in [0.3, 0.4) is 0 Å². The van der Waals surface area contributed by atoms with Crippen LogP contribution in [0, 0.1) is 6.92 Å². The standard InChI is InChI=1S/C23H24ClN3O2S/c1-15-20(14-21(28)25-13-12-17-8-10-19(24)11-9-17)22(29)27-23(26-15)30-16(2)18-6-4-3-5-7-18/h3-11,16H,12-14H2,1-2H3,(H,25,28)(H,26,27,29). The van der Waals surface area contributed by atoms with E-state index in [9.17, 15) is 9.59 Å². The highest BCUT2D eigenvalue weighted by atomic mass is 35.5. The number of benzene rings is 2. The molecule has 0 aliphatic heterocycles. The second-order valence-corrected chi connectivity index (χ2v) is 8.77. The van der Waals surface area contributed by atoms with Crippen LogP contribution in [0.15, 0.2) is 64.5 Å². The molecule has 0 saturated carbocycles. The molecule has 0 spiro atoms. The van der Waals surface area contributed by atoms with E-state index in [2.05, 4.69) is 22.2 Å². The van der Waals surface area contributed by atoms with Crippen LogP contribution in [0.1, 0.15) is 34.6 Å². The van der Waals surface area contributed by atoms with Crippen LogP contribution in [0.2, 0.25) is 5.02 Å². The molecule has 3 aromatic rings. The van der Waals surface area contributed by atoms with Crippen LogP contribution in [0.25, 0.3) is 0 Å². The average Bonchev–Trinajstić information content (AvgIpc) is 2.73. The molecule has 1 heterocycles. The summed E-state index contributed by atoms with van der Waals surface area (Å²) in [4.78, 5) is 32.1. The second-order valence-electron chi connectivity index (χ2n) is 7.01. The van der Waals surface area contributed by atoms with Crippen molar-refractivity contribution in [2.45, 2.75) is 37.1 Å². The first kappa shape index (κ1) is 22.1. The Labute approximate surface area is 185 Å². The molecule has 1 atom stereocenters. The van der Waals surface area contributed by atoms with E-state index < -0.39 is 0 Å². The van der Waals surface area contributed by atoms with Crippen molar-refractivity contribution in [3.63, 3.8) is 0 Å². The zero-order chi connectivity index (χ0) is 21.5. The summed E-state index contributed by atoms with van der Waals surface area (Å²) >= 11 is 7.36. The third kappa shape index (κ3) is 6.21. The predicted octanol–water partition coefficient (Wildman–Crippen LogP) is 4.49. The van der Waals surface area contributed by atoms with E-state index in [1.807, 2.05) is 54.6 Å². The highest BCUT2D eigenvalue weighted by molar-refractivity contribution is 7.99. The van der Waals surface area contributed by atoms with Crippen LogP contribution in [-0.2, 0) is 17.6 Å². The number of nitrogens with zero attached hydrogens (tertiary/aromatic N) is 1. The Balaban J connectivity index is 1.57. The van der Waals surface area contributed by atoms with Gasteiger partial charge in [0.2, 0.25) is 5.91 Å². The third-order valence-corrected chi connectivity index (χ3v) is 6.04. The molecule has 3 rings (SSSR count). The molecular weight excluding hydrogens is 418 g/mol. The molecule has 1 unspecified atom stereocenters. The molecule has 0 aliphatic rings. The lowest BCUT2D eigenvalue weighted by molar-refractivity contribution is -0.120. The summed E-state index contributed by atoms with van der Waals surface area (Å²) in [7, 11) is 0. The van der Waals surface area contributed by atoms with Crippen LogP contribution < -0.4 is 10.9 Å². The fraction of sp³-hybridized carbons (Fsp3) is 0.261. The van der Waals surface area contributed by atoms with Crippen molar-refractivity contribution in [3.05, 3.63) is 92.4 Å². The summed E-state index contributed by atoms with van der Waals surface area (Å²) in [6, 6.07) is 17.6. The molecule has 7 heteroatoms. The van der Waals surface area contributed by atoms with Crippen LogP contribution in [-0.4, -0.2) is 22.4 Å². The summed E-state index contributed by atoms with van der Waals surface area (Å²) < 4.78 is 0. The van der Waals surface area contributed by atoms with Crippen molar-refractivity contribution in [1.82, 2.24) is 15.3 Å². The fourth-order valence-corrected chi connectivity index (χ4v) is 4.12. The number of halogens is 1. The van der Waals surface area contributed by atoms with Crippen molar-refractivity contribution in [2.24, 2.45) is 0 Å². The summed E-state index contributed by atoms with van der Waals surface area (Å²) in [5, 5.41) is 4.25. The maximum absolute atomic E-state index is 12.5. The van der Waals surface area contributed by atoms with E-state index in [0.29, 0.717) is 34.4 Å². The molecular formula is C23H24ClN3O2S. The van der Waals surface area contributed by atoms with Crippen molar-refractivity contribution in [3.8, 4) is 0 Å². The minimum Gasteiger partial charge on any atom is -0.355 e. The lowest BCUT2D eigenvalue weighted by Gasteiger charge is -2.12. The molecule has 0 radical (unpaired) electrons. The summed E-state index contributed by atoms with van der Waals surface area (Å²) in [5.41, 5.74) is 2.96. The number of aromatic nitrogens is 2. The zero-order valence-electron chi connectivity index (χ0n) is 16.9. The summed E-state index contributed by atoms with van der Waals surface area (Å²) in [6.45, 7) is 4.33. The SMILES string of the molecule is Cc1nc(SC(C)c2ccccc2)[nH]c(=O)c1CC(=O)NCCc1ccc(Cl)cc1. The molecule has 0 fully saturated rings. The number of H-pyrrole nitrogens is 1. The van der Waals surface area contributed by atoms with Gasteiger partial charge in [0.25, 0.3) is 5.56 Å². The van der Waals surface area contributed by atoms with Gasteiger partial charge in [0.15, 0.2) is 5.16 Å². The fourth-order valence-electron chi connectivity index (χ4n) is 3.03. The van der Waals surface area contributed by atoms with E-state index in [-0.39, 0.29) is 23.1 Å². The number of thioether (sulfide) groups is 1. The Morgan fingerprint density at radius 3 is 2.53 bits per heavy atom. The van der Waals surface area contributed by atoms with Gasteiger partial charge in [0.05, 0.1) is 6.42 Å². The first-order valence-electron chi connectivity index (χ1n) is 9.75. The molecule has 2 aromatic carbocycles. The number of nitrogens with one attached hydrogen (secondary N) is 2. The van der Waals surface area contributed by atoms with Crippen molar-refractivity contribution < 1.29 is 4.79 Å². The maximum Gasteiger partial charge on any atom is 0.255 e. The van der Waals surface area contributed by atoms with Crippen molar-refractivity contribution >= 4 is 29.3 Å². The highest BCUT2D eigenvalue weighted by Gasteiger charge is 2.15. The summed E-state index contributed by atoms with van der Waals surface area (Å²) in [6.07, 6.45) is 0.706. The smallest absolute Gasteiger partial charge is 0.255 e. The van der Waals surface area contributed by atoms with E-state index in [1.54, 1.807) is 6.92 Å². The molecule has 0 aliphatic carbocycles. The van der Waals surface area contributed by atoms with Gasteiger partial charge in [-0.05, 0) is 43.5 Å². The second kappa shape index (κ2) is 10.5. The van der Waals surface area contributed by atoms with Crippen LogP contribution in [0.4, 0.5) is 0 Å². The van der Waals surface area contributed by atoms with Gasteiger partial charge in [-0.25, -0.2) is 4.98 Å². The van der Waals surface area contributed by atoms with E-state index in [0.717, 1.165) is 11.1 Å². The number of hydrogen-bond donors (Lipinski definition) is 2. The largest absolute Gasteiger partial charge is 0.355 e. The van der Waals surface area contributed by atoms with Crippen molar-refractivity contribution in [1.29, 1.82) is 0 Å². The Morgan fingerprint density at radius 1 is 1.17 bits per heavy atom. The first-order chi connectivity index (χ1) is 14.4. The van der Waals surface area contributed by atoms with Gasteiger partial charge in [-0.2, -0.15) is 0 Å². The number of carbonyl (C=O) groups is 1. The van der Waals surface area contributed by atoms with Crippen LogP contribution in [0.5, 0.6) is 0 Å². The Morgan fingerprint density at radius 2 is 1.87 bits per heavy atom. The monoisotopic (exact) mass is 441 g/mol. The van der Waals surface area contributed by atoms with E-state index in [1.165, 1.54) is 11.8 Å². The maximum atomic E-state index is 12.5. The molecule has 1 aromatic heterocycles. The normalized spacial score (nSPS) is 11.8. The van der Waals surface area contributed by atoms with Gasteiger partial charge in [0.1, 0.15) is 0 Å². The van der Waals surface area contributed by atoms with E-state index >= 15 is 0 Å². The van der Waals surface area contributed by atoms with Crippen molar-refractivity contribution in [2.75, 3.05) is 6.54 Å². The molecule has 2 N–H and O–H groups in total. The van der Waals surface area contributed by atoms with E-state index in [4.69, 9.17) is 11.6 Å². The highest BCUT2D eigenvalue weighted by Crippen LogP contribution is 2.32. The number of rotatable bonds is 8. The first-order valence-corrected chi connectivity index (χ1v) is 11.0. The topological polar surface area (TPSA) is 74.8 Å². The average molecular weight is 442 g/mol. The van der Waals surface area contributed by atoms with Gasteiger partial charge in [-0.15, -0.1) is 0 Å². The number of aromatic amines is 1. The Kier molecular flexibility index (Phi) is 7.71. The van der Waals surface area contributed by atoms with Gasteiger partial charge >= 0.3 is 0 Å². The minimum absolute atomic E-state index is 0.00791. The molecule has 1 amide bonds. The lowest BCUT2D eigenvalue weighted by atomic mass is 10.1. The third-order valence-electron chi connectivity index (χ3n) is 4.74. The predicted molar refractivity (Wildman–Crippen MR) is 122 cm³/mol. The number of carbonyl (C=O) groups excluding carboxylic acids is 1. The number of hydrogen-bond acceptors (Lipinski definition) is 4. The number of aryl methyl sites for hydroxylation is 1. The molecule has 5 nitrogen and oxygen atoms in total. The minimum atomic E-state index is -0.266. The van der Waals surface area contributed by atoms with Gasteiger partial charge in [0, 0.05) is 28.1 Å². The molecule has 30 heavy (non-hydrogen) atoms. The Bertz CT molecular complexity index is 1050. The molecule has 156 valence electrons. The quantitative estimate of drug-likeness (QED) is 0.399. The molecule has 0 saturated heterocycles. The van der Waals surface area contributed by atoms with Gasteiger partial charge < -0.3 is 10.3 Å². The Hall–Kier alpha value is -2.57. The van der Waals surface area contributed by atoms with Crippen LogP contribution >= 0.6 is 23.4 Å². The zero-order valence-corrected chi connectivity index (χ0v) is 18.5. The van der Waals surface area contributed by atoms with Gasteiger partial charge in [-0.1, -0.05) is 65.8 Å². The lowest BCUT2D eigenvalue weighted by Crippen LogP contribution is -2.30. The summed E-state index contributed by atoms with van der Waals surface area (Å²) in [5.74, 6) is -0.197.